The molecule has 1 heterocycles. The van der Waals surface area contributed by atoms with Crippen molar-refractivity contribution in [2.75, 3.05) is 19.6 Å². The van der Waals surface area contributed by atoms with Crippen LogP contribution in [0.3, 0.4) is 0 Å². The summed E-state index contributed by atoms with van der Waals surface area (Å²) in [6.07, 6.45) is 4.02. The first-order chi connectivity index (χ1) is 7.15. The third kappa shape index (κ3) is 4.12. The fourth-order valence-electron chi connectivity index (χ4n) is 2.57. The van der Waals surface area contributed by atoms with Crippen molar-refractivity contribution in [3.05, 3.63) is 0 Å². The monoisotopic (exact) mass is 212 g/mol. The van der Waals surface area contributed by atoms with Crippen LogP contribution in [0.4, 0.5) is 0 Å². The highest BCUT2D eigenvalue weighted by Crippen LogP contribution is 2.15. The Balaban J connectivity index is 2.14. The summed E-state index contributed by atoms with van der Waals surface area (Å²) in [4.78, 5) is 2.61. The van der Waals surface area contributed by atoms with Crippen molar-refractivity contribution in [3.63, 3.8) is 0 Å². The maximum absolute atomic E-state index is 3.67. The van der Waals surface area contributed by atoms with Crippen LogP contribution in [0.2, 0.25) is 0 Å². The number of nitrogens with zero attached hydrogens (tertiary/aromatic N) is 1. The summed E-state index contributed by atoms with van der Waals surface area (Å²) >= 11 is 0. The van der Waals surface area contributed by atoms with Crippen LogP contribution >= 0.6 is 0 Å². The second-order valence-corrected chi connectivity index (χ2v) is 5.24. The number of hydrogen-bond donors (Lipinski definition) is 1. The molecule has 1 rings (SSSR count). The molecule has 1 saturated heterocycles. The van der Waals surface area contributed by atoms with E-state index < -0.39 is 0 Å². The zero-order valence-corrected chi connectivity index (χ0v) is 10.9. The van der Waals surface area contributed by atoms with Crippen molar-refractivity contribution in [1.29, 1.82) is 0 Å². The predicted octanol–water partition coefficient (Wildman–Crippen LogP) is 2.49. The van der Waals surface area contributed by atoms with Crippen LogP contribution in [-0.2, 0) is 0 Å². The maximum atomic E-state index is 3.67. The lowest BCUT2D eigenvalue weighted by atomic mass is 10.0. The highest BCUT2D eigenvalue weighted by atomic mass is 15.2. The zero-order chi connectivity index (χ0) is 11.3. The Kier molecular flexibility index (Phi) is 5.62. The van der Waals surface area contributed by atoms with Crippen molar-refractivity contribution < 1.29 is 0 Å². The first kappa shape index (κ1) is 13.0. The summed E-state index contributed by atoms with van der Waals surface area (Å²) in [6.45, 7) is 12.9. The number of hydrogen-bond acceptors (Lipinski definition) is 2. The van der Waals surface area contributed by atoms with Crippen LogP contribution in [-0.4, -0.2) is 36.6 Å². The van der Waals surface area contributed by atoms with Gasteiger partial charge in [-0.05, 0) is 38.6 Å². The summed E-state index contributed by atoms with van der Waals surface area (Å²) in [5.41, 5.74) is 0. The molecule has 2 unspecified atom stereocenters. The van der Waals surface area contributed by atoms with E-state index >= 15 is 0 Å². The minimum absolute atomic E-state index is 0.697. The fraction of sp³-hybridized carbons (Fsp3) is 1.00. The van der Waals surface area contributed by atoms with Crippen LogP contribution in [0, 0.1) is 5.92 Å². The number of likely N-dealkylation sites (tertiary alicyclic amines) is 1. The second kappa shape index (κ2) is 6.49. The topological polar surface area (TPSA) is 15.3 Å². The lowest BCUT2D eigenvalue weighted by molar-refractivity contribution is 0.257. The van der Waals surface area contributed by atoms with Gasteiger partial charge < -0.3 is 5.32 Å². The van der Waals surface area contributed by atoms with E-state index in [0.717, 1.165) is 18.5 Å². The van der Waals surface area contributed by atoms with Gasteiger partial charge in [-0.3, -0.25) is 4.90 Å². The lowest BCUT2D eigenvalue weighted by Crippen LogP contribution is -2.40. The van der Waals surface area contributed by atoms with Crippen LogP contribution in [0.15, 0.2) is 0 Å². The molecule has 1 N–H and O–H groups in total. The zero-order valence-electron chi connectivity index (χ0n) is 10.9. The summed E-state index contributed by atoms with van der Waals surface area (Å²) in [5, 5.41) is 3.67. The third-order valence-electron chi connectivity index (χ3n) is 3.74. The van der Waals surface area contributed by atoms with Gasteiger partial charge in [0.15, 0.2) is 0 Å². The van der Waals surface area contributed by atoms with Gasteiger partial charge in [0.1, 0.15) is 0 Å². The molecule has 2 heteroatoms. The van der Waals surface area contributed by atoms with E-state index in [1.165, 1.54) is 32.4 Å². The van der Waals surface area contributed by atoms with Gasteiger partial charge in [-0.2, -0.15) is 0 Å². The minimum Gasteiger partial charge on any atom is -0.312 e. The summed E-state index contributed by atoms with van der Waals surface area (Å²) in [7, 11) is 0. The quantitative estimate of drug-likeness (QED) is 0.728. The minimum atomic E-state index is 0.697. The molecule has 0 aromatic heterocycles. The molecule has 15 heavy (non-hydrogen) atoms. The van der Waals surface area contributed by atoms with E-state index in [-0.39, 0.29) is 0 Å². The van der Waals surface area contributed by atoms with Crippen LogP contribution in [0.25, 0.3) is 0 Å². The molecule has 0 aliphatic carbocycles. The van der Waals surface area contributed by atoms with Crippen LogP contribution in [0.5, 0.6) is 0 Å². The normalized spacial score (nSPS) is 25.0. The first-order valence-electron chi connectivity index (χ1n) is 6.62. The molecule has 0 aromatic carbocycles. The molecule has 2 atom stereocenters. The summed E-state index contributed by atoms with van der Waals surface area (Å²) in [6, 6.07) is 1.51. The van der Waals surface area contributed by atoms with Crippen molar-refractivity contribution >= 4 is 0 Å². The molecule has 0 amide bonds. The number of nitrogens with one attached hydrogen (secondary N) is 1. The van der Waals surface area contributed by atoms with Gasteiger partial charge >= 0.3 is 0 Å². The van der Waals surface area contributed by atoms with Crippen molar-refractivity contribution in [3.8, 4) is 0 Å². The smallest absolute Gasteiger partial charge is 0.0110 e. The maximum Gasteiger partial charge on any atom is 0.0110 e. The molecule has 2 nitrogen and oxygen atoms in total. The second-order valence-electron chi connectivity index (χ2n) is 5.24. The molecule has 0 radical (unpaired) electrons. The van der Waals surface area contributed by atoms with E-state index in [1.54, 1.807) is 0 Å². The van der Waals surface area contributed by atoms with Gasteiger partial charge in [0.25, 0.3) is 0 Å². The van der Waals surface area contributed by atoms with E-state index in [1.807, 2.05) is 0 Å². The predicted molar refractivity (Wildman–Crippen MR) is 67.2 cm³/mol. The molecule has 0 aromatic rings. The number of rotatable bonds is 6. The van der Waals surface area contributed by atoms with E-state index in [2.05, 4.69) is 37.9 Å². The summed E-state index contributed by atoms with van der Waals surface area (Å²) < 4.78 is 0. The highest BCUT2D eigenvalue weighted by molar-refractivity contribution is 4.76. The molecule has 1 aliphatic rings. The van der Waals surface area contributed by atoms with Gasteiger partial charge in [0, 0.05) is 25.2 Å². The largest absolute Gasteiger partial charge is 0.312 e. The van der Waals surface area contributed by atoms with Gasteiger partial charge in [0.05, 0.1) is 0 Å². The average molecular weight is 212 g/mol. The van der Waals surface area contributed by atoms with E-state index in [9.17, 15) is 0 Å². The third-order valence-corrected chi connectivity index (χ3v) is 3.74. The molecule has 0 spiro atoms. The summed E-state index contributed by atoms with van der Waals surface area (Å²) in [5.74, 6) is 0.756. The van der Waals surface area contributed by atoms with Crippen LogP contribution in [0.1, 0.15) is 47.0 Å². The van der Waals surface area contributed by atoms with Gasteiger partial charge in [0.2, 0.25) is 0 Å². The molecular weight excluding hydrogens is 184 g/mol. The van der Waals surface area contributed by atoms with Crippen molar-refractivity contribution in [2.45, 2.75) is 59.0 Å². The molecular formula is C13H28N2. The lowest BCUT2D eigenvalue weighted by Gasteiger charge is -2.25. The van der Waals surface area contributed by atoms with Crippen molar-refractivity contribution in [1.82, 2.24) is 10.2 Å². The highest BCUT2D eigenvalue weighted by Gasteiger charge is 2.19. The Morgan fingerprint density at radius 1 is 1.40 bits per heavy atom. The molecule has 1 aliphatic heterocycles. The Labute approximate surface area is 95.4 Å². The van der Waals surface area contributed by atoms with Gasteiger partial charge in [-0.1, -0.05) is 20.8 Å². The molecule has 1 fully saturated rings. The molecule has 90 valence electrons. The average Bonchev–Trinajstić information content (AvgIpc) is 2.58. The Hall–Kier alpha value is -0.0800. The Morgan fingerprint density at radius 3 is 2.60 bits per heavy atom. The molecule has 0 saturated carbocycles. The SMILES string of the molecule is CCC(NCCN1CCCC1C)C(C)C. The fourth-order valence-corrected chi connectivity index (χ4v) is 2.57. The van der Waals surface area contributed by atoms with Gasteiger partial charge in [-0.25, -0.2) is 0 Å². The van der Waals surface area contributed by atoms with Crippen LogP contribution < -0.4 is 5.32 Å². The van der Waals surface area contributed by atoms with E-state index in [0.29, 0.717) is 6.04 Å². The van der Waals surface area contributed by atoms with Gasteiger partial charge in [-0.15, -0.1) is 0 Å². The van der Waals surface area contributed by atoms with E-state index in [4.69, 9.17) is 0 Å². The van der Waals surface area contributed by atoms with Crippen molar-refractivity contribution in [2.24, 2.45) is 5.92 Å². The Bertz CT molecular complexity index is 166. The Morgan fingerprint density at radius 2 is 2.13 bits per heavy atom. The first-order valence-corrected chi connectivity index (χ1v) is 6.62. The molecule has 0 bridgehead atoms. The standard InChI is InChI=1S/C13H28N2/c1-5-13(11(2)3)14-8-10-15-9-6-7-12(15)4/h11-14H,5-10H2,1-4H3.